The van der Waals surface area contributed by atoms with Crippen molar-refractivity contribution < 1.29 is 14.3 Å². The molecule has 184 valence electrons. The van der Waals surface area contributed by atoms with Gasteiger partial charge in [0.2, 0.25) is 0 Å². The van der Waals surface area contributed by atoms with Crippen LogP contribution in [0.1, 0.15) is 29.6 Å². The number of hydrogen-bond donors (Lipinski definition) is 0. The number of ether oxygens (including phenoxy) is 2. The van der Waals surface area contributed by atoms with Crippen LogP contribution in [0.25, 0.3) is 16.9 Å². The second-order valence-electron chi connectivity index (χ2n) is 9.38. The molecule has 0 N–H and O–H groups in total. The van der Waals surface area contributed by atoms with Crippen LogP contribution in [0.3, 0.4) is 0 Å². The van der Waals surface area contributed by atoms with Crippen LogP contribution in [-0.4, -0.2) is 78.5 Å². The van der Waals surface area contributed by atoms with Crippen LogP contribution in [0, 0.1) is 5.92 Å². The summed E-state index contributed by atoms with van der Waals surface area (Å²) in [6, 6.07) is 17.7. The van der Waals surface area contributed by atoms with Gasteiger partial charge in [0.15, 0.2) is 0 Å². The number of para-hydroxylation sites is 1. The summed E-state index contributed by atoms with van der Waals surface area (Å²) in [5, 5.41) is 4.83. The molecule has 2 aromatic carbocycles. The molecule has 0 bridgehead atoms. The van der Waals surface area contributed by atoms with E-state index >= 15 is 0 Å². The predicted octanol–water partition coefficient (Wildman–Crippen LogP) is 4.12. The van der Waals surface area contributed by atoms with E-state index in [4.69, 9.17) is 14.6 Å². The first-order valence-electron chi connectivity index (χ1n) is 12.6. The van der Waals surface area contributed by atoms with Crippen molar-refractivity contribution in [3.8, 4) is 22.7 Å². The molecule has 1 amide bonds. The van der Waals surface area contributed by atoms with Crippen molar-refractivity contribution in [1.29, 1.82) is 0 Å². The highest BCUT2D eigenvalue weighted by atomic mass is 16.5. The molecule has 0 aliphatic carbocycles. The van der Waals surface area contributed by atoms with Crippen LogP contribution >= 0.6 is 0 Å². The number of methoxy groups -OCH3 is 1. The molecular formula is C28H34N4O3. The lowest BCUT2D eigenvalue weighted by atomic mass is 9.92. The van der Waals surface area contributed by atoms with Crippen LogP contribution < -0.4 is 4.74 Å². The molecule has 0 saturated carbocycles. The van der Waals surface area contributed by atoms with E-state index in [-0.39, 0.29) is 5.91 Å². The molecule has 7 nitrogen and oxygen atoms in total. The number of likely N-dealkylation sites (tertiary alicyclic amines) is 1. The van der Waals surface area contributed by atoms with Crippen molar-refractivity contribution >= 4 is 5.91 Å². The van der Waals surface area contributed by atoms with Crippen molar-refractivity contribution in [3.63, 3.8) is 0 Å². The fourth-order valence-corrected chi connectivity index (χ4v) is 4.99. The zero-order valence-electron chi connectivity index (χ0n) is 20.4. The first-order chi connectivity index (χ1) is 17.2. The number of rotatable bonds is 7. The van der Waals surface area contributed by atoms with Crippen molar-refractivity contribution in [2.75, 3.05) is 53.0 Å². The molecule has 2 saturated heterocycles. The van der Waals surface area contributed by atoms with Gasteiger partial charge in [-0.1, -0.05) is 18.2 Å². The van der Waals surface area contributed by atoms with Gasteiger partial charge in [-0.15, -0.1) is 0 Å². The summed E-state index contributed by atoms with van der Waals surface area (Å²) in [7, 11) is 1.65. The Labute approximate surface area is 207 Å². The number of morpholine rings is 1. The Morgan fingerprint density at radius 2 is 1.71 bits per heavy atom. The van der Waals surface area contributed by atoms with Crippen molar-refractivity contribution in [3.05, 3.63) is 66.4 Å². The summed E-state index contributed by atoms with van der Waals surface area (Å²) in [6.07, 6.45) is 5.19. The second-order valence-corrected chi connectivity index (χ2v) is 9.38. The predicted molar refractivity (Wildman–Crippen MR) is 136 cm³/mol. The van der Waals surface area contributed by atoms with Crippen molar-refractivity contribution in [2.24, 2.45) is 5.92 Å². The van der Waals surface area contributed by atoms with Crippen LogP contribution in [-0.2, 0) is 4.74 Å². The van der Waals surface area contributed by atoms with Gasteiger partial charge in [0.25, 0.3) is 5.91 Å². The Hall–Kier alpha value is -3.16. The van der Waals surface area contributed by atoms with Crippen LogP contribution in [0.2, 0.25) is 0 Å². The van der Waals surface area contributed by atoms with E-state index in [0.29, 0.717) is 17.2 Å². The Bertz CT molecular complexity index is 1100. The molecule has 0 spiro atoms. The molecule has 0 radical (unpaired) electrons. The van der Waals surface area contributed by atoms with Gasteiger partial charge in [0, 0.05) is 37.9 Å². The largest absolute Gasteiger partial charge is 0.497 e. The molecule has 0 unspecified atom stereocenters. The maximum Gasteiger partial charge on any atom is 0.257 e. The number of amides is 1. The molecule has 1 aromatic heterocycles. The minimum atomic E-state index is 0.0598. The summed E-state index contributed by atoms with van der Waals surface area (Å²) in [4.78, 5) is 18.2. The number of piperidine rings is 1. The normalized spacial score (nSPS) is 17.5. The Balaban J connectivity index is 1.30. The van der Waals surface area contributed by atoms with E-state index < -0.39 is 0 Å². The monoisotopic (exact) mass is 474 g/mol. The van der Waals surface area contributed by atoms with E-state index in [9.17, 15) is 4.79 Å². The number of benzene rings is 2. The number of carbonyl (C=O) groups excluding carboxylic acids is 1. The summed E-state index contributed by atoms with van der Waals surface area (Å²) in [6.45, 7) is 6.50. The standard InChI is InChI=1S/C28H34N4O3/c1-34-25-9-7-23(8-10-25)27-26(21-32(29-27)24-5-3-2-4-6-24)28(33)31-15-12-22(13-16-31)11-14-30-17-19-35-20-18-30/h2-10,21-22H,11-20H2,1H3. The third-order valence-electron chi connectivity index (χ3n) is 7.19. The van der Waals surface area contributed by atoms with Crippen molar-refractivity contribution in [1.82, 2.24) is 19.6 Å². The summed E-state index contributed by atoms with van der Waals surface area (Å²) >= 11 is 0. The zero-order chi connectivity index (χ0) is 24.0. The topological polar surface area (TPSA) is 59.8 Å². The Morgan fingerprint density at radius 3 is 2.40 bits per heavy atom. The minimum absolute atomic E-state index is 0.0598. The maximum absolute atomic E-state index is 13.7. The van der Waals surface area contributed by atoms with Gasteiger partial charge in [-0.2, -0.15) is 5.10 Å². The van der Waals surface area contributed by atoms with Gasteiger partial charge in [-0.3, -0.25) is 9.69 Å². The molecule has 35 heavy (non-hydrogen) atoms. The molecule has 2 aliphatic heterocycles. The van der Waals surface area contributed by atoms with Crippen LogP contribution in [0.5, 0.6) is 5.75 Å². The molecule has 5 rings (SSSR count). The molecule has 7 heteroatoms. The highest BCUT2D eigenvalue weighted by Crippen LogP contribution is 2.29. The third-order valence-corrected chi connectivity index (χ3v) is 7.19. The lowest BCUT2D eigenvalue weighted by molar-refractivity contribution is 0.0332. The number of nitrogens with zero attached hydrogens (tertiary/aromatic N) is 4. The molecule has 3 aromatic rings. The van der Waals surface area contributed by atoms with E-state index in [1.165, 1.54) is 6.42 Å². The van der Waals surface area contributed by atoms with E-state index in [1.807, 2.05) is 70.4 Å². The van der Waals surface area contributed by atoms with E-state index in [1.54, 1.807) is 7.11 Å². The first kappa shape index (κ1) is 23.6. The van der Waals surface area contributed by atoms with Gasteiger partial charge in [0.1, 0.15) is 11.4 Å². The lowest BCUT2D eigenvalue weighted by Gasteiger charge is -2.34. The maximum atomic E-state index is 13.7. The average Bonchev–Trinajstić information content (AvgIpc) is 3.38. The highest BCUT2D eigenvalue weighted by Gasteiger charge is 2.28. The number of aromatic nitrogens is 2. The third kappa shape index (κ3) is 5.57. The van der Waals surface area contributed by atoms with Crippen molar-refractivity contribution in [2.45, 2.75) is 19.3 Å². The van der Waals surface area contributed by atoms with Gasteiger partial charge in [-0.05, 0) is 68.1 Å². The Morgan fingerprint density at radius 1 is 1.00 bits per heavy atom. The average molecular weight is 475 g/mol. The number of hydrogen-bond acceptors (Lipinski definition) is 5. The quantitative estimate of drug-likeness (QED) is 0.516. The SMILES string of the molecule is COc1ccc(-c2nn(-c3ccccc3)cc2C(=O)N2CCC(CCN3CCOCC3)CC2)cc1. The summed E-state index contributed by atoms with van der Waals surface area (Å²) < 4.78 is 12.6. The fourth-order valence-electron chi connectivity index (χ4n) is 4.99. The first-order valence-corrected chi connectivity index (χ1v) is 12.6. The molecule has 2 aliphatic rings. The molecule has 3 heterocycles. The van der Waals surface area contributed by atoms with Gasteiger partial charge < -0.3 is 14.4 Å². The lowest BCUT2D eigenvalue weighted by Crippen LogP contribution is -2.40. The van der Waals surface area contributed by atoms with Crippen LogP contribution in [0.4, 0.5) is 0 Å². The van der Waals surface area contributed by atoms with Gasteiger partial charge >= 0.3 is 0 Å². The van der Waals surface area contributed by atoms with Gasteiger partial charge in [-0.25, -0.2) is 4.68 Å². The van der Waals surface area contributed by atoms with Crippen LogP contribution in [0.15, 0.2) is 60.8 Å². The second kappa shape index (κ2) is 11.1. The molecule has 0 atom stereocenters. The molecule has 2 fully saturated rings. The highest BCUT2D eigenvalue weighted by molar-refractivity contribution is 6.00. The Kier molecular flexibility index (Phi) is 7.45. The van der Waals surface area contributed by atoms with E-state index in [0.717, 1.165) is 75.8 Å². The van der Waals surface area contributed by atoms with Gasteiger partial charge in [0.05, 0.1) is 31.6 Å². The number of carbonyl (C=O) groups is 1. The smallest absolute Gasteiger partial charge is 0.257 e. The summed E-state index contributed by atoms with van der Waals surface area (Å²) in [5.41, 5.74) is 3.19. The summed E-state index contributed by atoms with van der Waals surface area (Å²) in [5.74, 6) is 1.52. The fraction of sp³-hybridized carbons (Fsp3) is 0.429. The zero-order valence-corrected chi connectivity index (χ0v) is 20.4. The van der Waals surface area contributed by atoms with E-state index in [2.05, 4.69) is 4.90 Å². The minimum Gasteiger partial charge on any atom is -0.497 e. The molecular weight excluding hydrogens is 440 g/mol.